The Labute approximate surface area is 136 Å². The number of amides is 1. The van der Waals surface area contributed by atoms with Crippen molar-refractivity contribution in [1.82, 2.24) is 10.6 Å². The number of halogens is 1. The zero-order chi connectivity index (χ0) is 14.9. The zero-order valence-corrected chi connectivity index (χ0v) is 13.5. The summed E-state index contributed by atoms with van der Waals surface area (Å²) in [4.78, 5) is 11.8. The second kappa shape index (κ2) is 10.3. The van der Waals surface area contributed by atoms with Crippen LogP contribution in [0.1, 0.15) is 6.42 Å². The van der Waals surface area contributed by atoms with Gasteiger partial charge >= 0.3 is 0 Å². The van der Waals surface area contributed by atoms with E-state index in [1.54, 1.807) is 7.11 Å². The molecule has 1 aromatic carbocycles. The molecule has 0 bridgehead atoms. The van der Waals surface area contributed by atoms with Crippen molar-refractivity contribution in [3.8, 4) is 11.5 Å². The molecule has 2 N–H and O–H groups in total. The molecule has 2 rings (SSSR count). The van der Waals surface area contributed by atoms with Gasteiger partial charge in [-0.25, -0.2) is 0 Å². The molecule has 0 aromatic heterocycles. The van der Waals surface area contributed by atoms with Gasteiger partial charge in [0.15, 0.2) is 0 Å². The molecule has 1 saturated heterocycles. The van der Waals surface area contributed by atoms with Crippen LogP contribution in [0.5, 0.6) is 11.5 Å². The fourth-order valence-corrected chi connectivity index (χ4v) is 2.00. The van der Waals surface area contributed by atoms with E-state index in [1.807, 2.05) is 24.3 Å². The number of hydrogen-bond donors (Lipinski definition) is 2. The first-order valence-corrected chi connectivity index (χ1v) is 7.15. The van der Waals surface area contributed by atoms with E-state index in [1.165, 1.54) is 0 Å². The van der Waals surface area contributed by atoms with E-state index in [0.717, 1.165) is 24.5 Å². The van der Waals surface area contributed by atoms with Crippen LogP contribution in [-0.2, 0) is 9.53 Å². The summed E-state index contributed by atoms with van der Waals surface area (Å²) < 4.78 is 15.9. The molecule has 1 aromatic rings. The molecular formula is C15H23ClN2O4. The second-order valence-corrected chi connectivity index (χ2v) is 4.75. The van der Waals surface area contributed by atoms with Gasteiger partial charge in [0.25, 0.3) is 0 Å². The van der Waals surface area contributed by atoms with Gasteiger partial charge in [0.2, 0.25) is 5.91 Å². The van der Waals surface area contributed by atoms with Crippen LogP contribution in [-0.4, -0.2) is 52.0 Å². The number of benzene rings is 1. The number of hydrogen-bond acceptors (Lipinski definition) is 5. The lowest BCUT2D eigenvalue weighted by atomic mass is 10.2. The summed E-state index contributed by atoms with van der Waals surface area (Å²) in [6.07, 6.45) is 0.755. The van der Waals surface area contributed by atoms with Crippen LogP contribution in [0, 0.1) is 0 Å². The minimum atomic E-state index is -0.235. The van der Waals surface area contributed by atoms with Gasteiger partial charge in [0.05, 0.1) is 26.9 Å². The van der Waals surface area contributed by atoms with Crippen LogP contribution >= 0.6 is 12.4 Å². The van der Waals surface area contributed by atoms with Gasteiger partial charge in [-0.3, -0.25) is 4.79 Å². The average molecular weight is 331 g/mol. The molecule has 1 amide bonds. The van der Waals surface area contributed by atoms with Gasteiger partial charge in [-0.1, -0.05) is 0 Å². The fourth-order valence-electron chi connectivity index (χ4n) is 2.00. The van der Waals surface area contributed by atoms with E-state index >= 15 is 0 Å². The van der Waals surface area contributed by atoms with E-state index in [0.29, 0.717) is 26.4 Å². The highest BCUT2D eigenvalue weighted by molar-refractivity contribution is 5.85. The standard InChI is InChI=1S/C15H22N2O4.ClH/c1-19-12-3-5-13(6-4-12)21-9-2-7-17-15(18)14-11-20-10-8-16-14;/h3-6,14,16H,2,7-11H2,1H3,(H,17,18);1H. The maximum atomic E-state index is 11.8. The summed E-state index contributed by atoms with van der Waals surface area (Å²) in [5, 5.41) is 5.99. The third kappa shape index (κ3) is 6.09. The SMILES string of the molecule is COc1ccc(OCCCNC(=O)C2COCCN2)cc1.Cl. The largest absolute Gasteiger partial charge is 0.497 e. The molecule has 1 aliphatic heterocycles. The number of carbonyl (C=O) groups is 1. The number of morpholine rings is 1. The van der Waals surface area contributed by atoms with Crippen LogP contribution in [0.4, 0.5) is 0 Å². The first kappa shape index (κ1) is 18.5. The number of rotatable bonds is 7. The minimum Gasteiger partial charge on any atom is -0.497 e. The molecule has 0 spiro atoms. The maximum Gasteiger partial charge on any atom is 0.239 e. The predicted molar refractivity (Wildman–Crippen MR) is 86.0 cm³/mol. The number of nitrogens with one attached hydrogen (secondary N) is 2. The van der Waals surface area contributed by atoms with Crippen molar-refractivity contribution in [1.29, 1.82) is 0 Å². The van der Waals surface area contributed by atoms with Crippen LogP contribution in [0.25, 0.3) is 0 Å². The molecule has 0 aliphatic carbocycles. The lowest BCUT2D eigenvalue weighted by Gasteiger charge is -2.22. The summed E-state index contributed by atoms with van der Waals surface area (Å²) in [5.74, 6) is 1.58. The normalized spacial score (nSPS) is 17.2. The second-order valence-electron chi connectivity index (χ2n) is 4.75. The molecule has 7 heteroatoms. The van der Waals surface area contributed by atoms with E-state index in [4.69, 9.17) is 14.2 Å². The van der Waals surface area contributed by atoms with Gasteiger partial charge in [-0.05, 0) is 30.7 Å². The lowest BCUT2D eigenvalue weighted by molar-refractivity contribution is -0.125. The highest BCUT2D eigenvalue weighted by atomic mass is 35.5. The van der Waals surface area contributed by atoms with E-state index < -0.39 is 0 Å². The maximum absolute atomic E-state index is 11.8. The van der Waals surface area contributed by atoms with Crippen LogP contribution in [0.15, 0.2) is 24.3 Å². The van der Waals surface area contributed by atoms with Crippen LogP contribution in [0.3, 0.4) is 0 Å². The third-order valence-electron chi connectivity index (χ3n) is 3.19. The zero-order valence-electron chi connectivity index (χ0n) is 12.7. The Morgan fingerprint density at radius 1 is 1.36 bits per heavy atom. The Bertz CT molecular complexity index is 436. The van der Waals surface area contributed by atoms with Crippen molar-refractivity contribution in [3.05, 3.63) is 24.3 Å². The molecule has 124 valence electrons. The summed E-state index contributed by atoms with van der Waals surface area (Å²) in [6, 6.07) is 7.19. The quantitative estimate of drug-likeness (QED) is 0.730. The van der Waals surface area contributed by atoms with Gasteiger partial charge in [-0.15, -0.1) is 12.4 Å². The molecule has 1 aliphatic rings. The fraction of sp³-hybridized carbons (Fsp3) is 0.533. The van der Waals surface area contributed by atoms with Crippen molar-refractivity contribution >= 4 is 18.3 Å². The first-order chi connectivity index (χ1) is 10.3. The number of carbonyl (C=O) groups excluding carboxylic acids is 1. The average Bonchev–Trinajstić information content (AvgIpc) is 2.55. The van der Waals surface area contributed by atoms with Gasteiger partial charge in [0, 0.05) is 13.1 Å². The van der Waals surface area contributed by atoms with Crippen LogP contribution in [0.2, 0.25) is 0 Å². The van der Waals surface area contributed by atoms with Crippen LogP contribution < -0.4 is 20.1 Å². The van der Waals surface area contributed by atoms with Crippen molar-refractivity contribution in [2.24, 2.45) is 0 Å². The number of ether oxygens (including phenoxy) is 3. The summed E-state index contributed by atoms with van der Waals surface area (Å²) in [6.45, 7) is 2.97. The highest BCUT2D eigenvalue weighted by Gasteiger charge is 2.20. The Hall–Kier alpha value is -1.50. The van der Waals surface area contributed by atoms with Crippen molar-refractivity contribution in [2.45, 2.75) is 12.5 Å². The van der Waals surface area contributed by atoms with Crippen molar-refractivity contribution in [3.63, 3.8) is 0 Å². The first-order valence-electron chi connectivity index (χ1n) is 7.15. The molecular weight excluding hydrogens is 308 g/mol. The van der Waals surface area contributed by atoms with Gasteiger partial charge in [0.1, 0.15) is 17.5 Å². The monoisotopic (exact) mass is 330 g/mol. The van der Waals surface area contributed by atoms with E-state index in [-0.39, 0.29) is 24.4 Å². The van der Waals surface area contributed by atoms with Crippen molar-refractivity contribution in [2.75, 3.05) is 40.0 Å². The highest BCUT2D eigenvalue weighted by Crippen LogP contribution is 2.16. The minimum absolute atomic E-state index is 0. The van der Waals surface area contributed by atoms with E-state index in [2.05, 4.69) is 10.6 Å². The summed E-state index contributed by atoms with van der Waals surface area (Å²) in [7, 11) is 1.63. The molecule has 22 heavy (non-hydrogen) atoms. The molecule has 0 radical (unpaired) electrons. The third-order valence-corrected chi connectivity index (χ3v) is 3.19. The smallest absolute Gasteiger partial charge is 0.239 e. The topological polar surface area (TPSA) is 68.8 Å². The van der Waals surface area contributed by atoms with Gasteiger partial charge in [-0.2, -0.15) is 0 Å². The lowest BCUT2D eigenvalue weighted by Crippen LogP contribution is -2.51. The number of methoxy groups -OCH3 is 1. The molecule has 1 heterocycles. The Morgan fingerprint density at radius 3 is 2.73 bits per heavy atom. The molecule has 1 atom stereocenters. The molecule has 1 unspecified atom stereocenters. The molecule has 1 fully saturated rings. The Balaban J connectivity index is 0.00000242. The van der Waals surface area contributed by atoms with Crippen molar-refractivity contribution < 1.29 is 19.0 Å². The Kier molecular flexibility index (Phi) is 8.65. The Morgan fingerprint density at radius 2 is 2.09 bits per heavy atom. The predicted octanol–water partition coefficient (Wildman–Crippen LogP) is 0.990. The molecule has 6 nitrogen and oxygen atoms in total. The van der Waals surface area contributed by atoms with E-state index in [9.17, 15) is 4.79 Å². The summed E-state index contributed by atoms with van der Waals surface area (Å²) in [5.41, 5.74) is 0. The molecule has 0 saturated carbocycles. The summed E-state index contributed by atoms with van der Waals surface area (Å²) >= 11 is 0. The van der Waals surface area contributed by atoms with Gasteiger partial charge < -0.3 is 24.8 Å².